The summed E-state index contributed by atoms with van der Waals surface area (Å²) >= 11 is 12.1. The van der Waals surface area contributed by atoms with Crippen LogP contribution in [0.2, 0.25) is 10.0 Å². The van der Waals surface area contributed by atoms with Crippen LogP contribution < -0.4 is 5.32 Å². The van der Waals surface area contributed by atoms with Gasteiger partial charge in [0.25, 0.3) is 0 Å². The van der Waals surface area contributed by atoms with Crippen molar-refractivity contribution < 1.29 is 9.60 Å². The summed E-state index contributed by atoms with van der Waals surface area (Å²) in [5.74, 6) is -0.634. The van der Waals surface area contributed by atoms with E-state index in [0.29, 0.717) is 24.0 Å². The highest BCUT2D eigenvalue weighted by molar-refractivity contribution is 6.42. The Balaban J connectivity index is 2.38. The molecule has 3 heteroatoms. The van der Waals surface area contributed by atoms with Gasteiger partial charge in [-0.05, 0) is 48.7 Å². The van der Waals surface area contributed by atoms with Gasteiger partial charge in [-0.1, -0.05) is 53.4 Å². The normalized spacial score (nSPS) is 26.4. The lowest BCUT2D eigenvalue weighted by molar-refractivity contribution is 0.471. The Kier molecular flexibility index (Phi) is 2.26. The van der Waals surface area contributed by atoms with Crippen LogP contribution in [-0.2, 0) is 0 Å². The molecule has 0 radical (unpaired) electrons. The first-order valence-electron chi connectivity index (χ1n) is 9.85. The van der Waals surface area contributed by atoms with Crippen LogP contribution in [-0.4, -0.2) is 7.05 Å². The third-order valence-electron chi connectivity index (χ3n) is 3.63. The van der Waals surface area contributed by atoms with Crippen LogP contribution in [0.25, 0.3) is 0 Å². The standard InChI is InChI=1S/C17H17Cl2N/c1-20-17-9-7-12(13-4-2-3-5-14(13)17)11-6-8-15(18)16(19)10-11/h2-6,8,10,12,17,20H,7,9H2,1H3/t12-,17-/m0/s1/i2D,3D,4D,5D,6D,8D,10D. The minimum atomic E-state index is -0.634. The lowest BCUT2D eigenvalue weighted by Crippen LogP contribution is -2.24. The van der Waals surface area contributed by atoms with E-state index in [-0.39, 0.29) is 63.9 Å². The molecule has 1 N–H and O–H groups in total. The summed E-state index contributed by atoms with van der Waals surface area (Å²) in [4.78, 5) is 0. The van der Waals surface area contributed by atoms with Crippen molar-refractivity contribution in [3.8, 4) is 0 Å². The van der Waals surface area contributed by atoms with Gasteiger partial charge in [0.15, 0.2) is 0 Å². The molecule has 0 spiro atoms. The van der Waals surface area contributed by atoms with E-state index in [2.05, 4.69) is 5.32 Å². The van der Waals surface area contributed by atoms with Gasteiger partial charge in [0.2, 0.25) is 0 Å². The van der Waals surface area contributed by atoms with Crippen LogP contribution in [0.4, 0.5) is 0 Å². The van der Waals surface area contributed by atoms with Gasteiger partial charge in [0.05, 0.1) is 19.6 Å². The average molecular weight is 313 g/mol. The second-order valence-electron chi connectivity index (χ2n) is 4.72. The maximum Gasteiger partial charge on any atom is 0.0642 e. The molecule has 2 atom stereocenters. The highest BCUT2D eigenvalue weighted by Crippen LogP contribution is 2.42. The smallest absolute Gasteiger partial charge is 0.0642 e. The molecule has 20 heavy (non-hydrogen) atoms. The predicted octanol–water partition coefficient (Wildman–Crippen LogP) is 5.18. The second kappa shape index (κ2) is 5.77. The zero-order chi connectivity index (χ0) is 20.2. The van der Waals surface area contributed by atoms with E-state index < -0.39 is 5.92 Å². The topological polar surface area (TPSA) is 12.0 Å². The van der Waals surface area contributed by atoms with Crippen LogP contribution in [0.5, 0.6) is 0 Å². The van der Waals surface area contributed by atoms with E-state index in [4.69, 9.17) is 32.8 Å². The summed E-state index contributed by atoms with van der Waals surface area (Å²) in [7, 11) is 1.73. The fourth-order valence-corrected chi connectivity index (χ4v) is 2.88. The van der Waals surface area contributed by atoms with Crippen molar-refractivity contribution in [1.29, 1.82) is 0 Å². The number of nitrogens with one attached hydrogen (secondary N) is 1. The molecule has 1 aliphatic carbocycles. The predicted molar refractivity (Wildman–Crippen MR) is 85.8 cm³/mol. The average Bonchev–Trinajstić information content (AvgIpc) is 2.67. The Hall–Kier alpha value is -1.02. The Morgan fingerprint density at radius 3 is 2.55 bits per heavy atom. The summed E-state index contributed by atoms with van der Waals surface area (Å²) in [6.45, 7) is 0. The number of halogens is 2. The molecule has 104 valence electrons. The first-order chi connectivity index (χ1) is 12.6. The van der Waals surface area contributed by atoms with Crippen molar-refractivity contribution in [2.45, 2.75) is 24.8 Å². The van der Waals surface area contributed by atoms with Gasteiger partial charge in [0.1, 0.15) is 0 Å². The number of fused-ring (bicyclic) bond motifs is 1. The molecule has 2 aromatic rings. The summed E-state index contributed by atoms with van der Waals surface area (Å²) in [5, 5.41) is 2.80. The van der Waals surface area contributed by atoms with Crippen molar-refractivity contribution in [2.24, 2.45) is 0 Å². The van der Waals surface area contributed by atoms with Crippen LogP contribution in [0, 0.1) is 0 Å². The van der Waals surface area contributed by atoms with Gasteiger partial charge in [-0.25, -0.2) is 0 Å². The van der Waals surface area contributed by atoms with Gasteiger partial charge in [0, 0.05) is 12.0 Å². The maximum absolute atomic E-state index is 8.40. The lowest BCUT2D eigenvalue weighted by atomic mass is 9.77. The third kappa shape index (κ3) is 2.46. The van der Waals surface area contributed by atoms with E-state index in [9.17, 15) is 0 Å². The van der Waals surface area contributed by atoms with Crippen molar-refractivity contribution >= 4 is 23.2 Å². The molecule has 0 aliphatic heterocycles. The van der Waals surface area contributed by atoms with E-state index in [0.717, 1.165) is 0 Å². The van der Waals surface area contributed by atoms with Crippen LogP contribution in [0.15, 0.2) is 42.3 Å². The molecule has 0 amide bonds. The third-order valence-corrected chi connectivity index (χ3v) is 4.29. The minimum Gasteiger partial charge on any atom is -0.313 e. The summed E-state index contributed by atoms with van der Waals surface area (Å²) in [6, 6.07) is -1.94. The van der Waals surface area contributed by atoms with E-state index in [1.807, 2.05) is 0 Å². The van der Waals surface area contributed by atoms with Crippen molar-refractivity contribution in [1.82, 2.24) is 5.32 Å². The second-order valence-corrected chi connectivity index (χ2v) is 5.47. The maximum atomic E-state index is 8.40. The molecule has 1 nitrogen and oxygen atoms in total. The zero-order valence-electron chi connectivity index (χ0n) is 17.8. The molecule has 0 saturated carbocycles. The Morgan fingerprint density at radius 2 is 1.80 bits per heavy atom. The number of hydrogen-bond donors (Lipinski definition) is 1. The quantitative estimate of drug-likeness (QED) is 0.805. The van der Waals surface area contributed by atoms with Crippen molar-refractivity contribution in [2.75, 3.05) is 7.05 Å². The molecule has 0 aromatic heterocycles. The van der Waals surface area contributed by atoms with E-state index >= 15 is 0 Å². The highest BCUT2D eigenvalue weighted by atomic mass is 35.5. The largest absolute Gasteiger partial charge is 0.313 e. The molecule has 0 saturated heterocycles. The molecule has 0 fully saturated rings. The minimum absolute atomic E-state index is 0.120. The highest BCUT2D eigenvalue weighted by Gasteiger charge is 2.27. The van der Waals surface area contributed by atoms with Gasteiger partial charge in [-0.15, -0.1) is 0 Å². The first-order valence-corrected chi connectivity index (χ1v) is 7.11. The number of benzene rings is 2. The molecule has 1 aliphatic rings. The fraction of sp³-hybridized carbons (Fsp3) is 0.294. The zero-order valence-corrected chi connectivity index (χ0v) is 12.3. The van der Waals surface area contributed by atoms with Gasteiger partial charge < -0.3 is 5.32 Å². The first kappa shape index (κ1) is 7.84. The molecular formula is C17H17Cl2N. The van der Waals surface area contributed by atoms with Gasteiger partial charge in [-0.2, -0.15) is 0 Å². The number of rotatable bonds is 2. The Labute approximate surface area is 139 Å². The molecule has 0 bridgehead atoms. The molecule has 3 rings (SSSR count). The summed E-state index contributed by atoms with van der Waals surface area (Å²) < 4.78 is 57.4. The monoisotopic (exact) mass is 312 g/mol. The fourth-order valence-electron chi connectivity index (χ4n) is 2.64. The van der Waals surface area contributed by atoms with E-state index in [1.54, 1.807) is 7.05 Å². The lowest BCUT2D eigenvalue weighted by Gasteiger charge is -2.32. The van der Waals surface area contributed by atoms with Crippen molar-refractivity contribution in [3.63, 3.8) is 0 Å². The van der Waals surface area contributed by atoms with E-state index in [1.165, 1.54) is 0 Å². The van der Waals surface area contributed by atoms with Gasteiger partial charge in [-0.3, -0.25) is 0 Å². The summed E-state index contributed by atoms with van der Waals surface area (Å²) in [6.07, 6.45) is 1.01. The molecule has 0 heterocycles. The SMILES string of the molecule is [2H]c1c([2H])c([2H])c2c(c1[2H])[C@H](c1c([2H])c([2H])c(Cl)c(Cl)c1[2H])CC[C@@H]2NC. The molecular weight excluding hydrogens is 289 g/mol. The van der Waals surface area contributed by atoms with Crippen LogP contribution in [0.3, 0.4) is 0 Å². The van der Waals surface area contributed by atoms with Crippen LogP contribution in [0.1, 0.15) is 51.1 Å². The Morgan fingerprint density at radius 1 is 1.05 bits per heavy atom. The molecule has 2 aromatic carbocycles. The molecule has 0 unspecified atom stereocenters. The van der Waals surface area contributed by atoms with Crippen LogP contribution >= 0.6 is 23.2 Å². The Bertz CT molecular complexity index is 919. The van der Waals surface area contributed by atoms with Crippen molar-refractivity contribution in [3.05, 3.63) is 69.0 Å². The van der Waals surface area contributed by atoms with Gasteiger partial charge >= 0.3 is 0 Å². The summed E-state index contributed by atoms with van der Waals surface area (Å²) in [5.41, 5.74) is 0.970. The number of hydrogen-bond acceptors (Lipinski definition) is 1.